The summed E-state index contributed by atoms with van der Waals surface area (Å²) in [5.41, 5.74) is 7.95. The Kier molecular flexibility index (Phi) is 3.98. The van der Waals surface area contributed by atoms with Crippen LogP contribution in [-0.2, 0) is 0 Å². The number of nitrogens with one attached hydrogen (secondary N) is 1. The highest BCUT2D eigenvalue weighted by atomic mass is 35.5. The van der Waals surface area contributed by atoms with Crippen LogP contribution in [0, 0.1) is 10.8 Å². The van der Waals surface area contributed by atoms with Gasteiger partial charge >= 0.3 is 0 Å². The van der Waals surface area contributed by atoms with Gasteiger partial charge in [-0.15, -0.1) is 0 Å². The summed E-state index contributed by atoms with van der Waals surface area (Å²) >= 11 is 5.96. The van der Waals surface area contributed by atoms with Gasteiger partial charge in [0.25, 0.3) is 0 Å². The molecule has 1 aromatic carbocycles. The third-order valence-electron chi connectivity index (χ3n) is 3.77. The molecule has 0 saturated carbocycles. The third-order valence-corrected chi connectivity index (χ3v) is 4.00. The van der Waals surface area contributed by atoms with Crippen LogP contribution in [-0.4, -0.2) is 6.54 Å². The molecule has 3 heteroatoms. The Morgan fingerprint density at radius 1 is 1.18 bits per heavy atom. The minimum atomic E-state index is 0.168. The van der Waals surface area contributed by atoms with Crippen molar-refractivity contribution >= 4 is 23.0 Å². The van der Waals surface area contributed by atoms with Gasteiger partial charge in [-0.3, -0.25) is 0 Å². The number of hydrogen-bond donors (Lipinski definition) is 2. The van der Waals surface area contributed by atoms with Gasteiger partial charge in [-0.2, -0.15) is 0 Å². The van der Waals surface area contributed by atoms with Crippen molar-refractivity contribution in [3.05, 3.63) is 23.2 Å². The van der Waals surface area contributed by atoms with Gasteiger partial charge in [-0.05, 0) is 29.0 Å². The summed E-state index contributed by atoms with van der Waals surface area (Å²) in [5, 5.41) is 4.10. The zero-order valence-electron chi connectivity index (χ0n) is 11.4. The van der Waals surface area contributed by atoms with Crippen molar-refractivity contribution in [2.75, 3.05) is 17.6 Å². The number of benzene rings is 1. The molecule has 17 heavy (non-hydrogen) atoms. The topological polar surface area (TPSA) is 38.0 Å². The van der Waals surface area contributed by atoms with Crippen molar-refractivity contribution < 1.29 is 0 Å². The number of nitrogens with two attached hydrogens (primary N) is 1. The fourth-order valence-corrected chi connectivity index (χ4v) is 1.44. The molecular formula is C14H23ClN2. The maximum atomic E-state index is 5.96. The highest BCUT2D eigenvalue weighted by Crippen LogP contribution is 2.38. The van der Waals surface area contributed by atoms with E-state index in [9.17, 15) is 0 Å². The Hall–Kier alpha value is -0.890. The summed E-state index contributed by atoms with van der Waals surface area (Å²) in [6.07, 6.45) is 0. The first-order valence-electron chi connectivity index (χ1n) is 5.92. The first-order valence-corrected chi connectivity index (χ1v) is 6.30. The molecule has 0 aliphatic rings. The first-order chi connectivity index (χ1) is 7.63. The van der Waals surface area contributed by atoms with E-state index in [1.807, 2.05) is 12.1 Å². The molecule has 96 valence electrons. The molecule has 0 heterocycles. The Balaban J connectivity index is 2.77. The van der Waals surface area contributed by atoms with E-state index in [-0.39, 0.29) is 10.8 Å². The normalized spacial score (nSPS) is 12.6. The number of hydrogen-bond acceptors (Lipinski definition) is 2. The van der Waals surface area contributed by atoms with Crippen LogP contribution >= 0.6 is 11.6 Å². The second kappa shape index (κ2) is 4.77. The Morgan fingerprint density at radius 3 is 2.29 bits per heavy atom. The van der Waals surface area contributed by atoms with Crippen LogP contribution in [0.3, 0.4) is 0 Å². The van der Waals surface area contributed by atoms with E-state index in [4.69, 9.17) is 17.3 Å². The van der Waals surface area contributed by atoms with E-state index in [0.29, 0.717) is 5.02 Å². The van der Waals surface area contributed by atoms with Crippen LogP contribution < -0.4 is 11.1 Å². The molecule has 0 spiro atoms. The number of rotatable bonds is 3. The Labute approximate surface area is 110 Å². The van der Waals surface area contributed by atoms with Crippen molar-refractivity contribution in [3.8, 4) is 0 Å². The van der Waals surface area contributed by atoms with Gasteiger partial charge in [0.2, 0.25) is 0 Å². The zero-order chi connectivity index (χ0) is 13.3. The SMILES string of the molecule is CC(C)(C)C(C)(C)CNc1cc(Cl)ccc1N. The van der Waals surface area contributed by atoms with E-state index < -0.39 is 0 Å². The molecule has 0 aliphatic heterocycles. The van der Waals surface area contributed by atoms with Gasteiger partial charge < -0.3 is 11.1 Å². The summed E-state index contributed by atoms with van der Waals surface area (Å²) in [6, 6.07) is 5.50. The molecule has 0 aliphatic carbocycles. The average molecular weight is 255 g/mol. The summed E-state index contributed by atoms with van der Waals surface area (Å²) < 4.78 is 0. The molecule has 0 atom stereocenters. The third kappa shape index (κ3) is 3.53. The summed E-state index contributed by atoms with van der Waals surface area (Å²) in [4.78, 5) is 0. The van der Waals surface area contributed by atoms with Crippen molar-refractivity contribution in [3.63, 3.8) is 0 Å². The van der Waals surface area contributed by atoms with Crippen LogP contribution in [0.5, 0.6) is 0 Å². The summed E-state index contributed by atoms with van der Waals surface area (Å²) in [6.45, 7) is 12.1. The highest BCUT2D eigenvalue weighted by molar-refractivity contribution is 6.31. The molecule has 2 nitrogen and oxygen atoms in total. The van der Waals surface area contributed by atoms with Crippen molar-refractivity contribution in [2.24, 2.45) is 10.8 Å². The van der Waals surface area contributed by atoms with Crippen molar-refractivity contribution in [1.82, 2.24) is 0 Å². The minimum Gasteiger partial charge on any atom is -0.397 e. The van der Waals surface area contributed by atoms with E-state index in [2.05, 4.69) is 39.9 Å². The van der Waals surface area contributed by atoms with Crippen LogP contribution in [0.1, 0.15) is 34.6 Å². The zero-order valence-corrected chi connectivity index (χ0v) is 12.2. The van der Waals surface area contributed by atoms with Gasteiger partial charge in [0, 0.05) is 11.6 Å². The standard InChI is InChI=1S/C14H23ClN2/c1-13(2,3)14(4,5)9-17-12-8-10(15)6-7-11(12)16/h6-8,17H,9,16H2,1-5H3. The predicted octanol–water partition coefficient (Wildman–Crippen LogP) is 4.41. The van der Waals surface area contributed by atoms with Gasteiger partial charge in [0.05, 0.1) is 11.4 Å². The quantitative estimate of drug-likeness (QED) is 0.785. The van der Waals surface area contributed by atoms with Crippen molar-refractivity contribution in [2.45, 2.75) is 34.6 Å². The van der Waals surface area contributed by atoms with Gasteiger partial charge in [-0.25, -0.2) is 0 Å². The van der Waals surface area contributed by atoms with Gasteiger partial charge in [0.15, 0.2) is 0 Å². The summed E-state index contributed by atoms with van der Waals surface area (Å²) in [5.74, 6) is 0. The molecule has 0 aromatic heterocycles. The lowest BCUT2D eigenvalue weighted by molar-refractivity contribution is 0.148. The second-order valence-electron chi connectivity index (χ2n) is 6.22. The van der Waals surface area contributed by atoms with Crippen LogP contribution in [0.2, 0.25) is 5.02 Å². The molecule has 0 unspecified atom stereocenters. The fourth-order valence-electron chi connectivity index (χ4n) is 1.26. The molecule has 1 rings (SSSR count). The number of halogens is 1. The van der Waals surface area contributed by atoms with Gasteiger partial charge in [0.1, 0.15) is 0 Å². The largest absolute Gasteiger partial charge is 0.397 e. The average Bonchev–Trinajstić information content (AvgIpc) is 2.18. The van der Waals surface area contributed by atoms with E-state index >= 15 is 0 Å². The van der Waals surface area contributed by atoms with Crippen molar-refractivity contribution in [1.29, 1.82) is 0 Å². The first kappa shape index (κ1) is 14.2. The van der Waals surface area contributed by atoms with Crippen LogP contribution in [0.4, 0.5) is 11.4 Å². The van der Waals surface area contributed by atoms with E-state index in [1.165, 1.54) is 0 Å². The summed E-state index contributed by atoms with van der Waals surface area (Å²) in [7, 11) is 0. The smallest absolute Gasteiger partial charge is 0.0589 e. The lowest BCUT2D eigenvalue weighted by Crippen LogP contribution is -2.36. The predicted molar refractivity (Wildman–Crippen MR) is 77.6 cm³/mol. The van der Waals surface area contributed by atoms with Crippen LogP contribution in [0.25, 0.3) is 0 Å². The van der Waals surface area contributed by atoms with Gasteiger partial charge in [-0.1, -0.05) is 46.2 Å². The lowest BCUT2D eigenvalue weighted by atomic mass is 9.69. The maximum Gasteiger partial charge on any atom is 0.0589 e. The Morgan fingerprint density at radius 2 is 1.76 bits per heavy atom. The fraction of sp³-hybridized carbons (Fsp3) is 0.571. The number of anilines is 2. The van der Waals surface area contributed by atoms with E-state index in [0.717, 1.165) is 17.9 Å². The minimum absolute atomic E-state index is 0.168. The van der Waals surface area contributed by atoms with Crippen LogP contribution in [0.15, 0.2) is 18.2 Å². The number of nitrogen functional groups attached to an aromatic ring is 1. The maximum absolute atomic E-state index is 5.96. The van der Waals surface area contributed by atoms with E-state index in [1.54, 1.807) is 6.07 Å². The molecule has 0 saturated heterocycles. The molecule has 3 N–H and O–H groups in total. The monoisotopic (exact) mass is 254 g/mol. The lowest BCUT2D eigenvalue weighted by Gasteiger charge is -2.39. The highest BCUT2D eigenvalue weighted by Gasteiger charge is 2.32. The molecule has 0 fully saturated rings. The molecule has 0 bridgehead atoms. The molecular weight excluding hydrogens is 232 g/mol. The Bertz CT molecular complexity index is 392. The molecule has 0 amide bonds. The second-order valence-corrected chi connectivity index (χ2v) is 6.66. The molecule has 0 radical (unpaired) electrons. The molecule has 1 aromatic rings.